The van der Waals surface area contributed by atoms with Crippen LogP contribution in [0.1, 0.15) is 11.1 Å². The number of aryl methyl sites for hydroxylation is 2. The molecule has 0 saturated carbocycles. The number of nitrogens with zero attached hydrogens (tertiary/aromatic N) is 3. The molecule has 2 aromatic carbocycles. The minimum Gasteiger partial charge on any atom is -0.367 e. The highest BCUT2D eigenvalue weighted by Crippen LogP contribution is 2.34. The molecule has 0 bridgehead atoms. The first kappa shape index (κ1) is 19.0. The number of hydrogen-bond donors (Lipinski definition) is 0. The average molecular weight is 400 g/mol. The van der Waals surface area contributed by atoms with Gasteiger partial charge in [-0.3, -0.25) is 4.79 Å². The summed E-state index contributed by atoms with van der Waals surface area (Å²) in [6, 6.07) is 14.5. The third-order valence-electron chi connectivity index (χ3n) is 5.70. The van der Waals surface area contributed by atoms with E-state index in [0.29, 0.717) is 24.5 Å². The van der Waals surface area contributed by atoms with Crippen LogP contribution in [-0.4, -0.2) is 62.3 Å². The fraction of sp³-hybridized carbons (Fsp3) is 0.381. The molecule has 2 unspecified atom stereocenters. The third-order valence-corrected chi connectivity index (χ3v) is 7.60. The second kappa shape index (κ2) is 7.22. The molecule has 7 heteroatoms. The minimum absolute atomic E-state index is 0.148. The highest BCUT2D eigenvalue weighted by atomic mass is 32.2. The molecule has 2 fully saturated rings. The number of carbonyl (C=O) groups is 1. The molecule has 2 aliphatic rings. The van der Waals surface area contributed by atoms with E-state index < -0.39 is 10.0 Å². The zero-order valence-electron chi connectivity index (χ0n) is 16.2. The zero-order chi connectivity index (χ0) is 19.9. The van der Waals surface area contributed by atoms with Crippen LogP contribution in [-0.2, 0) is 14.8 Å². The topological polar surface area (TPSA) is 60.7 Å². The van der Waals surface area contributed by atoms with Crippen LogP contribution in [0.5, 0.6) is 0 Å². The van der Waals surface area contributed by atoms with Crippen LogP contribution in [0.2, 0.25) is 0 Å². The molecule has 6 nitrogen and oxygen atoms in total. The molecule has 0 N–H and O–H groups in total. The average Bonchev–Trinajstić information content (AvgIpc) is 3.51. The molecule has 1 amide bonds. The van der Waals surface area contributed by atoms with Gasteiger partial charge in [-0.2, -0.15) is 4.31 Å². The summed E-state index contributed by atoms with van der Waals surface area (Å²) in [5.41, 5.74) is 3.54. The number of rotatable bonds is 5. The van der Waals surface area contributed by atoms with Gasteiger partial charge in [-0.05, 0) is 43.2 Å². The van der Waals surface area contributed by atoms with E-state index in [4.69, 9.17) is 0 Å². The van der Waals surface area contributed by atoms with E-state index in [2.05, 4.69) is 36.9 Å². The van der Waals surface area contributed by atoms with E-state index in [9.17, 15) is 13.2 Å². The number of piperazine rings is 1. The summed E-state index contributed by atoms with van der Waals surface area (Å²) in [7, 11) is -3.52. The van der Waals surface area contributed by atoms with E-state index >= 15 is 0 Å². The molecule has 2 aliphatic heterocycles. The van der Waals surface area contributed by atoms with Gasteiger partial charge in [-0.25, -0.2) is 8.42 Å². The number of anilines is 1. The summed E-state index contributed by atoms with van der Waals surface area (Å²) < 4.78 is 27.3. The van der Waals surface area contributed by atoms with E-state index in [1.54, 1.807) is 35.2 Å². The zero-order valence-corrected chi connectivity index (χ0v) is 17.0. The minimum atomic E-state index is -3.52. The first-order valence-electron chi connectivity index (χ1n) is 9.52. The van der Waals surface area contributed by atoms with E-state index in [0.717, 1.165) is 18.6 Å². The van der Waals surface area contributed by atoms with Crippen molar-refractivity contribution >= 4 is 22.1 Å². The van der Waals surface area contributed by atoms with Crippen LogP contribution < -0.4 is 4.90 Å². The molecular formula is C21H25N3O3S. The van der Waals surface area contributed by atoms with E-state index in [-0.39, 0.29) is 12.1 Å². The van der Waals surface area contributed by atoms with Gasteiger partial charge in [0.25, 0.3) is 0 Å². The fourth-order valence-corrected chi connectivity index (χ4v) is 5.65. The standard InChI is InChI=1S/C21H25N3O3S/c1-16-8-9-17(2)19(12-16)22-10-11-23(15-25)20(13-22)21-14-24(21)28(26,27)18-6-4-3-5-7-18/h3-9,12,15,20-21H,10-11,13-14H2,1-2H3/t20?,21-,24?/m0/s1. The second-order valence-corrected chi connectivity index (χ2v) is 9.49. The maximum Gasteiger partial charge on any atom is 0.243 e. The van der Waals surface area contributed by atoms with Crippen molar-refractivity contribution in [2.45, 2.75) is 30.8 Å². The van der Waals surface area contributed by atoms with Crippen LogP contribution in [0.25, 0.3) is 0 Å². The normalized spacial score (nSPS) is 24.9. The van der Waals surface area contributed by atoms with Gasteiger partial charge in [0.2, 0.25) is 16.4 Å². The largest absolute Gasteiger partial charge is 0.367 e. The van der Waals surface area contributed by atoms with Gasteiger partial charge in [-0.15, -0.1) is 0 Å². The van der Waals surface area contributed by atoms with Crippen LogP contribution in [0.3, 0.4) is 0 Å². The number of amides is 1. The van der Waals surface area contributed by atoms with Crippen molar-refractivity contribution < 1.29 is 13.2 Å². The van der Waals surface area contributed by atoms with Crippen molar-refractivity contribution in [3.8, 4) is 0 Å². The number of carbonyl (C=O) groups excluding carboxylic acids is 1. The summed E-state index contributed by atoms with van der Waals surface area (Å²) in [5.74, 6) is 0. The molecule has 0 aliphatic carbocycles. The fourth-order valence-electron chi connectivity index (χ4n) is 4.03. The molecule has 2 saturated heterocycles. The highest BCUT2D eigenvalue weighted by Gasteiger charge is 2.51. The lowest BCUT2D eigenvalue weighted by Crippen LogP contribution is -2.56. The van der Waals surface area contributed by atoms with Crippen LogP contribution in [0.15, 0.2) is 53.4 Å². The lowest BCUT2D eigenvalue weighted by molar-refractivity contribution is -0.120. The van der Waals surface area contributed by atoms with Crippen molar-refractivity contribution in [1.82, 2.24) is 9.21 Å². The summed E-state index contributed by atoms with van der Waals surface area (Å²) in [6.07, 6.45) is 0.858. The quantitative estimate of drug-likeness (QED) is 0.570. The molecule has 2 aromatic rings. The van der Waals surface area contributed by atoms with Crippen LogP contribution in [0, 0.1) is 13.8 Å². The first-order valence-corrected chi connectivity index (χ1v) is 11.0. The molecule has 0 radical (unpaired) electrons. The Morgan fingerprint density at radius 1 is 0.964 bits per heavy atom. The Morgan fingerprint density at radius 2 is 1.71 bits per heavy atom. The number of hydrogen-bond acceptors (Lipinski definition) is 4. The van der Waals surface area contributed by atoms with Crippen LogP contribution in [0.4, 0.5) is 5.69 Å². The predicted octanol–water partition coefficient (Wildman–Crippen LogP) is 2.02. The molecule has 148 valence electrons. The molecule has 0 spiro atoms. The van der Waals surface area contributed by atoms with E-state index in [1.807, 2.05) is 0 Å². The SMILES string of the molecule is Cc1ccc(C)c(N2CCN(C=O)C([C@@H]3CN3S(=O)(=O)c3ccccc3)C2)c1. The molecule has 28 heavy (non-hydrogen) atoms. The Morgan fingerprint density at radius 3 is 2.43 bits per heavy atom. The van der Waals surface area contributed by atoms with Gasteiger partial charge in [-0.1, -0.05) is 30.3 Å². The highest BCUT2D eigenvalue weighted by molar-refractivity contribution is 7.89. The Balaban J connectivity index is 1.56. The maximum absolute atomic E-state index is 12.9. The summed E-state index contributed by atoms with van der Waals surface area (Å²) in [5, 5.41) is 0. The molecule has 3 atom stereocenters. The van der Waals surface area contributed by atoms with Crippen molar-refractivity contribution in [2.24, 2.45) is 0 Å². The van der Waals surface area contributed by atoms with Gasteiger partial charge in [0.05, 0.1) is 17.0 Å². The summed E-state index contributed by atoms with van der Waals surface area (Å²) >= 11 is 0. The Hall–Kier alpha value is -2.38. The summed E-state index contributed by atoms with van der Waals surface area (Å²) in [4.78, 5) is 16.0. The van der Waals surface area contributed by atoms with Gasteiger partial charge < -0.3 is 9.80 Å². The first-order chi connectivity index (χ1) is 13.4. The number of sulfonamides is 1. The predicted molar refractivity (Wildman–Crippen MR) is 109 cm³/mol. The Kier molecular flexibility index (Phi) is 4.89. The second-order valence-electron chi connectivity index (χ2n) is 7.60. The van der Waals surface area contributed by atoms with Gasteiger partial charge in [0, 0.05) is 31.9 Å². The lowest BCUT2D eigenvalue weighted by Gasteiger charge is -2.41. The molecule has 2 heterocycles. The Bertz CT molecular complexity index is 978. The van der Waals surface area contributed by atoms with E-state index in [1.165, 1.54) is 15.4 Å². The van der Waals surface area contributed by atoms with Gasteiger partial charge >= 0.3 is 0 Å². The van der Waals surface area contributed by atoms with Crippen molar-refractivity contribution in [1.29, 1.82) is 0 Å². The molecular weight excluding hydrogens is 374 g/mol. The van der Waals surface area contributed by atoms with Crippen molar-refractivity contribution in [2.75, 3.05) is 31.1 Å². The monoisotopic (exact) mass is 399 g/mol. The Labute approximate surface area is 166 Å². The van der Waals surface area contributed by atoms with Gasteiger partial charge in [0.15, 0.2) is 0 Å². The molecule has 0 aromatic heterocycles. The van der Waals surface area contributed by atoms with Gasteiger partial charge in [0.1, 0.15) is 0 Å². The third kappa shape index (κ3) is 3.40. The van der Waals surface area contributed by atoms with Crippen LogP contribution >= 0.6 is 0 Å². The lowest BCUT2D eigenvalue weighted by atomic mass is 10.1. The maximum atomic E-state index is 12.9. The van der Waals surface area contributed by atoms with Crippen molar-refractivity contribution in [3.63, 3.8) is 0 Å². The number of benzene rings is 2. The molecule has 4 rings (SSSR count). The smallest absolute Gasteiger partial charge is 0.243 e. The van der Waals surface area contributed by atoms with Crippen molar-refractivity contribution in [3.05, 3.63) is 59.7 Å². The summed E-state index contributed by atoms with van der Waals surface area (Å²) in [6.45, 7) is 6.58.